The Morgan fingerprint density at radius 1 is 0.469 bits per heavy atom. The molecule has 228 valence electrons. The zero-order chi connectivity index (χ0) is 32.1. The average molecular weight is 627 g/mol. The standard InChI is InChI=1S/C44H26N4O/c1-2-13-28(14-3-1)47-38-21-11-8-18-33(38)42-39(47)26-45-44(46-42)35-24-27-12-4-5-15-30(27)43-41(35)34-25-29(22-23-40(34)49-43)48-36-19-9-6-16-31(36)32-17-7-10-20-37(32)48/h1-26H. The molecule has 0 radical (unpaired) electrons. The minimum Gasteiger partial charge on any atom is -0.455 e. The first-order valence-electron chi connectivity index (χ1n) is 16.5. The van der Waals surface area contributed by atoms with E-state index in [1.165, 1.54) is 21.8 Å². The molecule has 49 heavy (non-hydrogen) atoms. The van der Waals surface area contributed by atoms with E-state index in [0.717, 1.165) is 71.6 Å². The third-order valence-corrected chi connectivity index (χ3v) is 9.95. The lowest BCUT2D eigenvalue weighted by molar-refractivity contribution is 0.672. The van der Waals surface area contributed by atoms with E-state index in [4.69, 9.17) is 14.4 Å². The van der Waals surface area contributed by atoms with Gasteiger partial charge in [0.25, 0.3) is 0 Å². The predicted molar refractivity (Wildman–Crippen MR) is 201 cm³/mol. The van der Waals surface area contributed by atoms with Gasteiger partial charge < -0.3 is 13.6 Å². The Hall–Kier alpha value is -6.72. The van der Waals surface area contributed by atoms with Crippen molar-refractivity contribution < 1.29 is 4.42 Å². The average Bonchev–Trinajstić information content (AvgIpc) is 3.82. The first kappa shape index (κ1) is 26.4. The lowest BCUT2D eigenvalue weighted by Crippen LogP contribution is -1.96. The molecule has 7 aromatic carbocycles. The summed E-state index contributed by atoms with van der Waals surface area (Å²) in [5.74, 6) is 0.671. The highest BCUT2D eigenvalue weighted by molar-refractivity contribution is 6.21. The molecule has 0 aliphatic carbocycles. The summed E-state index contributed by atoms with van der Waals surface area (Å²) in [5, 5.41) is 7.76. The van der Waals surface area contributed by atoms with Crippen LogP contribution in [-0.4, -0.2) is 19.1 Å². The molecule has 4 heterocycles. The second-order valence-electron chi connectivity index (χ2n) is 12.6. The Bertz CT molecular complexity index is 3060. The number of furan rings is 1. The Balaban J connectivity index is 1.22. The van der Waals surface area contributed by atoms with Crippen LogP contribution in [0.15, 0.2) is 162 Å². The molecule has 0 N–H and O–H groups in total. The number of fused-ring (bicyclic) bond motifs is 11. The summed E-state index contributed by atoms with van der Waals surface area (Å²) in [5.41, 5.74) is 10.1. The first-order valence-corrected chi connectivity index (χ1v) is 16.5. The van der Waals surface area contributed by atoms with Crippen molar-refractivity contribution in [1.29, 1.82) is 0 Å². The molecule has 0 saturated carbocycles. The molecule has 5 nitrogen and oxygen atoms in total. The fourth-order valence-corrected chi connectivity index (χ4v) is 7.84. The summed E-state index contributed by atoms with van der Waals surface area (Å²) in [6, 6.07) is 53.2. The number of aromatic nitrogens is 4. The number of nitrogens with zero attached hydrogens (tertiary/aromatic N) is 4. The zero-order valence-corrected chi connectivity index (χ0v) is 26.2. The van der Waals surface area contributed by atoms with Crippen LogP contribution < -0.4 is 0 Å². The van der Waals surface area contributed by atoms with Crippen molar-refractivity contribution in [3.63, 3.8) is 0 Å². The molecule has 0 aliphatic rings. The van der Waals surface area contributed by atoms with Crippen molar-refractivity contribution in [3.8, 4) is 22.8 Å². The molecule has 0 unspecified atom stereocenters. The normalized spacial score (nSPS) is 12.1. The summed E-state index contributed by atoms with van der Waals surface area (Å²) in [6.07, 6.45) is 1.97. The van der Waals surface area contributed by atoms with Crippen LogP contribution in [-0.2, 0) is 0 Å². The number of hydrogen-bond donors (Lipinski definition) is 0. The highest BCUT2D eigenvalue weighted by Crippen LogP contribution is 2.42. The van der Waals surface area contributed by atoms with Crippen LogP contribution in [0.1, 0.15) is 0 Å². The topological polar surface area (TPSA) is 48.8 Å². The summed E-state index contributed by atoms with van der Waals surface area (Å²) in [4.78, 5) is 10.4. The Kier molecular flexibility index (Phi) is 5.32. The van der Waals surface area contributed by atoms with Gasteiger partial charge in [-0.05, 0) is 60.0 Å². The summed E-state index contributed by atoms with van der Waals surface area (Å²) < 4.78 is 11.3. The maximum Gasteiger partial charge on any atom is 0.160 e. The second kappa shape index (κ2) is 9.89. The van der Waals surface area contributed by atoms with E-state index >= 15 is 0 Å². The molecule has 0 fully saturated rings. The van der Waals surface area contributed by atoms with Crippen molar-refractivity contribution in [2.45, 2.75) is 0 Å². The summed E-state index contributed by atoms with van der Waals surface area (Å²) in [7, 11) is 0. The molecule has 0 spiro atoms. The Morgan fingerprint density at radius 3 is 1.84 bits per heavy atom. The highest BCUT2D eigenvalue weighted by Gasteiger charge is 2.21. The van der Waals surface area contributed by atoms with E-state index in [2.05, 4.69) is 155 Å². The maximum absolute atomic E-state index is 6.73. The fourth-order valence-electron chi connectivity index (χ4n) is 7.84. The molecular formula is C44H26N4O. The highest BCUT2D eigenvalue weighted by atomic mass is 16.3. The van der Waals surface area contributed by atoms with E-state index in [1.807, 2.05) is 12.3 Å². The monoisotopic (exact) mass is 626 g/mol. The van der Waals surface area contributed by atoms with Gasteiger partial charge in [-0.1, -0.05) is 97.1 Å². The second-order valence-corrected chi connectivity index (χ2v) is 12.6. The Morgan fingerprint density at radius 2 is 1.08 bits per heavy atom. The van der Waals surface area contributed by atoms with Crippen molar-refractivity contribution in [1.82, 2.24) is 19.1 Å². The Labute approximate surface area is 279 Å². The van der Waals surface area contributed by atoms with E-state index in [0.29, 0.717) is 5.82 Å². The largest absolute Gasteiger partial charge is 0.455 e. The first-order chi connectivity index (χ1) is 24.3. The van der Waals surface area contributed by atoms with Crippen LogP contribution in [0.3, 0.4) is 0 Å². The molecule has 0 saturated heterocycles. The van der Waals surface area contributed by atoms with Gasteiger partial charge >= 0.3 is 0 Å². The SMILES string of the molecule is c1ccc(-n2c3ccccc3c3nc(-c4cc5ccccc5c5oc6ccc(-n7c8ccccc8c8ccccc87)cc6c45)ncc32)cc1. The number of benzene rings is 7. The third kappa shape index (κ3) is 3.70. The van der Waals surface area contributed by atoms with Crippen molar-refractivity contribution in [2.75, 3.05) is 0 Å². The van der Waals surface area contributed by atoms with E-state index in [-0.39, 0.29) is 0 Å². The molecule has 0 amide bonds. The third-order valence-electron chi connectivity index (χ3n) is 9.95. The molecular weight excluding hydrogens is 601 g/mol. The lowest BCUT2D eigenvalue weighted by Gasteiger charge is -2.09. The number of para-hydroxylation sites is 4. The van der Waals surface area contributed by atoms with E-state index in [1.54, 1.807) is 0 Å². The van der Waals surface area contributed by atoms with Crippen LogP contribution in [0.4, 0.5) is 0 Å². The van der Waals surface area contributed by atoms with Gasteiger partial charge in [-0.25, -0.2) is 9.97 Å². The van der Waals surface area contributed by atoms with Crippen LogP contribution in [0.5, 0.6) is 0 Å². The van der Waals surface area contributed by atoms with Crippen molar-refractivity contribution in [3.05, 3.63) is 158 Å². The van der Waals surface area contributed by atoms with Gasteiger partial charge in [-0.3, -0.25) is 0 Å². The smallest absolute Gasteiger partial charge is 0.160 e. The molecule has 4 aromatic heterocycles. The summed E-state index contributed by atoms with van der Waals surface area (Å²) >= 11 is 0. The van der Waals surface area contributed by atoms with Crippen LogP contribution in [0.2, 0.25) is 0 Å². The van der Waals surface area contributed by atoms with Crippen molar-refractivity contribution >= 4 is 76.5 Å². The van der Waals surface area contributed by atoms with Crippen LogP contribution in [0, 0.1) is 0 Å². The van der Waals surface area contributed by atoms with Crippen LogP contribution >= 0.6 is 0 Å². The lowest BCUT2D eigenvalue weighted by atomic mass is 9.99. The van der Waals surface area contributed by atoms with Gasteiger partial charge in [0.15, 0.2) is 5.82 Å². The molecule has 0 atom stereocenters. The fraction of sp³-hybridized carbons (Fsp3) is 0. The van der Waals surface area contributed by atoms with Crippen molar-refractivity contribution in [2.24, 2.45) is 0 Å². The van der Waals surface area contributed by atoms with Gasteiger partial charge in [-0.15, -0.1) is 0 Å². The predicted octanol–water partition coefficient (Wildman–Crippen LogP) is 11.4. The van der Waals surface area contributed by atoms with Gasteiger partial charge in [0.1, 0.15) is 16.7 Å². The summed E-state index contributed by atoms with van der Waals surface area (Å²) in [6.45, 7) is 0. The van der Waals surface area contributed by atoms with Gasteiger partial charge in [-0.2, -0.15) is 0 Å². The van der Waals surface area contributed by atoms with Gasteiger partial charge in [0, 0.05) is 49.3 Å². The molecule has 0 bridgehead atoms. The molecule has 11 aromatic rings. The number of hydrogen-bond acceptors (Lipinski definition) is 3. The van der Waals surface area contributed by atoms with Crippen LogP contribution in [0.25, 0.3) is 99.2 Å². The van der Waals surface area contributed by atoms with Gasteiger partial charge in [0.05, 0.1) is 28.3 Å². The van der Waals surface area contributed by atoms with E-state index < -0.39 is 0 Å². The van der Waals surface area contributed by atoms with E-state index in [9.17, 15) is 0 Å². The number of rotatable bonds is 3. The maximum atomic E-state index is 6.73. The zero-order valence-electron chi connectivity index (χ0n) is 26.2. The minimum atomic E-state index is 0.671. The minimum absolute atomic E-state index is 0.671. The quantitative estimate of drug-likeness (QED) is 0.196. The van der Waals surface area contributed by atoms with Gasteiger partial charge in [0.2, 0.25) is 0 Å². The molecule has 5 heteroatoms. The molecule has 0 aliphatic heterocycles. The molecule has 11 rings (SSSR count).